The minimum Gasteiger partial charge on any atom is -0.369 e. The summed E-state index contributed by atoms with van der Waals surface area (Å²) in [6, 6.07) is 10.6. The molecule has 144 valence electrons. The van der Waals surface area contributed by atoms with Crippen LogP contribution in [0.1, 0.15) is 11.1 Å². The van der Waals surface area contributed by atoms with Crippen LogP contribution in [-0.2, 0) is 13.1 Å². The minimum absolute atomic E-state index is 0. The highest BCUT2D eigenvalue weighted by atomic mass is 35.5. The molecule has 1 fully saturated rings. The van der Waals surface area contributed by atoms with E-state index in [0.29, 0.717) is 12.1 Å². The number of fused-ring (bicyclic) bond motifs is 1. The molecule has 2 N–H and O–H groups in total. The molecule has 0 bridgehead atoms. The molecule has 0 radical (unpaired) electrons. The zero-order chi connectivity index (χ0) is 18.1. The average molecular weight is 411 g/mol. The Labute approximate surface area is 168 Å². The van der Waals surface area contributed by atoms with E-state index in [2.05, 4.69) is 21.6 Å². The summed E-state index contributed by atoms with van der Waals surface area (Å²) < 4.78 is 14.3. The second-order valence-corrected chi connectivity index (χ2v) is 6.88. The lowest BCUT2D eigenvalue weighted by Gasteiger charge is -2.36. The molecule has 2 aliphatic heterocycles. The van der Waals surface area contributed by atoms with Crippen molar-refractivity contribution in [3.63, 3.8) is 0 Å². The molecule has 4 rings (SSSR count). The number of urea groups is 1. The van der Waals surface area contributed by atoms with Crippen molar-refractivity contribution in [2.45, 2.75) is 13.1 Å². The van der Waals surface area contributed by atoms with Gasteiger partial charge in [0.25, 0.3) is 0 Å². The summed E-state index contributed by atoms with van der Waals surface area (Å²) in [5, 5.41) is 6.32. The smallest absolute Gasteiger partial charge is 0.322 e. The van der Waals surface area contributed by atoms with Gasteiger partial charge in [0.1, 0.15) is 5.82 Å². The van der Waals surface area contributed by atoms with Gasteiger partial charge < -0.3 is 15.5 Å². The fourth-order valence-corrected chi connectivity index (χ4v) is 3.76. The normalized spacial score (nSPS) is 16.4. The Balaban J connectivity index is 0.00000210. The second-order valence-electron chi connectivity index (χ2n) is 6.47. The van der Waals surface area contributed by atoms with E-state index in [4.69, 9.17) is 11.6 Å². The van der Waals surface area contributed by atoms with E-state index in [-0.39, 0.29) is 30.0 Å². The van der Waals surface area contributed by atoms with Crippen molar-refractivity contribution < 1.29 is 9.18 Å². The van der Waals surface area contributed by atoms with Crippen LogP contribution in [0.4, 0.5) is 20.6 Å². The van der Waals surface area contributed by atoms with Crippen LogP contribution in [0.2, 0.25) is 5.02 Å². The number of hydrogen-bond acceptors (Lipinski definition) is 3. The highest BCUT2D eigenvalue weighted by Gasteiger charge is 2.28. The Bertz CT molecular complexity index is 842. The maximum absolute atomic E-state index is 14.3. The number of benzene rings is 2. The first kappa shape index (κ1) is 19.7. The van der Waals surface area contributed by atoms with Gasteiger partial charge in [-0.3, -0.25) is 4.90 Å². The predicted molar refractivity (Wildman–Crippen MR) is 109 cm³/mol. The molecule has 2 aliphatic rings. The van der Waals surface area contributed by atoms with Gasteiger partial charge in [-0.25, -0.2) is 9.18 Å². The topological polar surface area (TPSA) is 47.6 Å². The summed E-state index contributed by atoms with van der Waals surface area (Å²) in [6.45, 7) is 4.33. The zero-order valence-corrected chi connectivity index (χ0v) is 16.2. The molecule has 0 aromatic heterocycles. The molecule has 2 aromatic carbocycles. The fourth-order valence-electron chi connectivity index (χ4n) is 3.57. The molecular weight excluding hydrogens is 390 g/mol. The standard InChI is InChI=1S/C19H20ClFN4O.ClH/c20-15-4-1-3-13(18(15)21)12-25-17-6-2-5-16(14(17)11-23-19(25)26)24-9-7-22-8-10-24;/h1-6,22H,7-12H2,(H,23,26);1H. The van der Waals surface area contributed by atoms with Crippen molar-refractivity contribution in [1.29, 1.82) is 0 Å². The number of nitrogens with zero attached hydrogens (tertiary/aromatic N) is 2. The van der Waals surface area contributed by atoms with Crippen molar-refractivity contribution >= 4 is 41.4 Å². The molecule has 0 aliphatic carbocycles. The molecule has 0 spiro atoms. The second kappa shape index (κ2) is 8.33. The van der Waals surface area contributed by atoms with Crippen LogP contribution in [0.15, 0.2) is 36.4 Å². The number of carbonyl (C=O) groups excluding carboxylic acids is 1. The third-order valence-corrected chi connectivity index (χ3v) is 5.19. The van der Waals surface area contributed by atoms with Gasteiger partial charge in [0, 0.05) is 49.5 Å². The van der Waals surface area contributed by atoms with Crippen molar-refractivity contribution in [1.82, 2.24) is 10.6 Å². The summed E-state index contributed by atoms with van der Waals surface area (Å²) >= 11 is 5.89. The van der Waals surface area contributed by atoms with Crippen molar-refractivity contribution in [2.24, 2.45) is 0 Å². The monoisotopic (exact) mass is 410 g/mol. The van der Waals surface area contributed by atoms with Crippen molar-refractivity contribution in [3.05, 3.63) is 58.4 Å². The van der Waals surface area contributed by atoms with E-state index < -0.39 is 5.82 Å². The van der Waals surface area contributed by atoms with Crippen LogP contribution in [0.3, 0.4) is 0 Å². The molecule has 2 heterocycles. The first-order chi connectivity index (χ1) is 12.6. The maximum atomic E-state index is 14.3. The van der Waals surface area contributed by atoms with E-state index in [1.807, 2.05) is 12.1 Å². The third kappa shape index (κ3) is 3.83. The molecule has 27 heavy (non-hydrogen) atoms. The lowest BCUT2D eigenvalue weighted by molar-refractivity contribution is 0.244. The number of amides is 2. The SMILES string of the molecule is Cl.O=C1NCc2c(N3CCNCC3)cccc2N1Cc1cccc(Cl)c1F. The highest BCUT2D eigenvalue weighted by Crippen LogP contribution is 2.34. The Hall–Kier alpha value is -2.02. The number of hydrogen-bond donors (Lipinski definition) is 2. The Morgan fingerprint density at radius 3 is 2.56 bits per heavy atom. The summed E-state index contributed by atoms with van der Waals surface area (Å²) in [7, 11) is 0. The van der Waals surface area contributed by atoms with Gasteiger partial charge in [0.15, 0.2) is 0 Å². The largest absolute Gasteiger partial charge is 0.369 e. The number of piperazine rings is 1. The number of rotatable bonds is 3. The lowest BCUT2D eigenvalue weighted by atomic mass is 10.0. The zero-order valence-electron chi connectivity index (χ0n) is 14.7. The summed E-state index contributed by atoms with van der Waals surface area (Å²) in [5.41, 5.74) is 3.41. The fraction of sp³-hybridized carbons (Fsp3) is 0.316. The van der Waals surface area contributed by atoms with E-state index in [9.17, 15) is 9.18 Å². The van der Waals surface area contributed by atoms with E-state index >= 15 is 0 Å². The first-order valence-electron chi connectivity index (χ1n) is 8.71. The summed E-state index contributed by atoms with van der Waals surface area (Å²) in [5.74, 6) is -0.479. The highest BCUT2D eigenvalue weighted by molar-refractivity contribution is 6.30. The van der Waals surface area contributed by atoms with Crippen LogP contribution in [0.25, 0.3) is 0 Å². The number of halogens is 3. The average Bonchev–Trinajstić information content (AvgIpc) is 2.67. The number of anilines is 2. The Morgan fingerprint density at radius 2 is 1.78 bits per heavy atom. The van der Waals surface area contributed by atoms with Crippen LogP contribution < -0.4 is 20.4 Å². The Morgan fingerprint density at radius 1 is 1.07 bits per heavy atom. The van der Waals surface area contributed by atoms with Gasteiger partial charge in [-0.15, -0.1) is 12.4 Å². The van der Waals surface area contributed by atoms with E-state index in [0.717, 1.165) is 43.1 Å². The molecule has 0 saturated carbocycles. The molecular formula is C19H21Cl2FN4O. The van der Waals surface area contributed by atoms with Gasteiger partial charge in [-0.2, -0.15) is 0 Å². The van der Waals surface area contributed by atoms with Gasteiger partial charge in [-0.1, -0.05) is 29.8 Å². The van der Waals surface area contributed by atoms with Gasteiger partial charge in [-0.05, 0) is 18.2 Å². The molecule has 2 aromatic rings. The predicted octanol–water partition coefficient (Wildman–Crippen LogP) is 3.54. The summed E-state index contributed by atoms with van der Waals surface area (Å²) in [6.07, 6.45) is 0. The molecule has 5 nitrogen and oxygen atoms in total. The molecule has 0 unspecified atom stereocenters. The number of nitrogens with one attached hydrogen (secondary N) is 2. The van der Waals surface area contributed by atoms with Crippen molar-refractivity contribution in [3.8, 4) is 0 Å². The van der Waals surface area contributed by atoms with Gasteiger partial charge in [0.05, 0.1) is 17.3 Å². The van der Waals surface area contributed by atoms with Gasteiger partial charge >= 0.3 is 6.03 Å². The first-order valence-corrected chi connectivity index (χ1v) is 9.09. The van der Waals surface area contributed by atoms with Gasteiger partial charge in [0.2, 0.25) is 0 Å². The molecule has 8 heteroatoms. The third-order valence-electron chi connectivity index (χ3n) is 4.90. The molecule has 2 amide bonds. The van der Waals surface area contributed by atoms with Crippen LogP contribution in [0.5, 0.6) is 0 Å². The maximum Gasteiger partial charge on any atom is 0.322 e. The van der Waals surface area contributed by atoms with Crippen LogP contribution in [0, 0.1) is 5.82 Å². The van der Waals surface area contributed by atoms with E-state index in [1.54, 1.807) is 17.0 Å². The van der Waals surface area contributed by atoms with E-state index in [1.165, 1.54) is 6.07 Å². The molecule has 0 atom stereocenters. The van der Waals surface area contributed by atoms with Crippen molar-refractivity contribution in [2.75, 3.05) is 36.0 Å². The molecule has 1 saturated heterocycles. The lowest BCUT2D eigenvalue weighted by Crippen LogP contribution is -2.47. The quantitative estimate of drug-likeness (QED) is 0.813. The van der Waals surface area contributed by atoms with Crippen LogP contribution >= 0.6 is 24.0 Å². The number of carbonyl (C=O) groups is 1. The van der Waals surface area contributed by atoms with Crippen LogP contribution in [-0.4, -0.2) is 32.2 Å². The summed E-state index contributed by atoms with van der Waals surface area (Å²) in [4.78, 5) is 16.4. The Kier molecular flexibility index (Phi) is 6.09. The minimum atomic E-state index is -0.479.